The zero-order valence-electron chi connectivity index (χ0n) is 14.7. The summed E-state index contributed by atoms with van der Waals surface area (Å²) in [5.74, 6) is -0.259. The Morgan fingerprint density at radius 1 is 1.20 bits per heavy atom. The number of hydrogen-bond donors (Lipinski definition) is 1. The maximum atomic E-state index is 12.3. The Kier molecular flexibility index (Phi) is 4.92. The fourth-order valence-electron chi connectivity index (χ4n) is 2.49. The minimum atomic E-state index is -0.259. The molecule has 0 aliphatic rings. The van der Waals surface area contributed by atoms with Gasteiger partial charge < -0.3 is 9.88 Å². The molecule has 1 N–H and O–H groups in total. The topological polar surface area (TPSA) is 77.6 Å². The van der Waals surface area contributed by atoms with Gasteiger partial charge in [-0.1, -0.05) is 18.6 Å². The van der Waals surface area contributed by atoms with E-state index in [1.165, 1.54) is 0 Å². The number of nitrogens with zero attached hydrogens (tertiary/aromatic N) is 5. The molecule has 1 aromatic carbocycles. The van der Waals surface area contributed by atoms with Crippen molar-refractivity contribution in [3.8, 4) is 5.69 Å². The molecule has 2 aromatic heterocycles. The lowest BCUT2D eigenvalue weighted by Crippen LogP contribution is -2.12. The second-order valence-corrected chi connectivity index (χ2v) is 6.01. The molecule has 3 rings (SSSR count). The fraction of sp³-hybridized carbons (Fsp3) is 0.333. The largest absolute Gasteiger partial charge is 0.321 e. The van der Waals surface area contributed by atoms with Crippen molar-refractivity contribution in [3.05, 3.63) is 53.9 Å². The summed E-state index contributed by atoms with van der Waals surface area (Å²) >= 11 is 0. The van der Waals surface area contributed by atoms with Crippen LogP contribution in [0.2, 0.25) is 0 Å². The summed E-state index contributed by atoms with van der Waals surface area (Å²) in [6, 6.07) is 7.62. The molecule has 0 aliphatic carbocycles. The number of carbonyl (C=O) groups is 1. The summed E-state index contributed by atoms with van der Waals surface area (Å²) in [7, 11) is 0. The van der Waals surface area contributed by atoms with E-state index in [0.29, 0.717) is 11.4 Å². The van der Waals surface area contributed by atoms with E-state index >= 15 is 0 Å². The van der Waals surface area contributed by atoms with Gasteiger partial charge in [-0.05, 0) is 44.5 Å². The van der Waals surface area contributed by atoms with Crippen LogP contribution in [0.15, 0.2) is 36.8 Å². The highest BCUT2D eigenvalue weighted by molar-refractivity contribution is 6.02. The molecule has 7 nitrogen and oxygen atoms in total. The molecule has 0 atom stereocenters. The van der Waals surface area contributed by atoms with Gasteiger partial charge in [0, 0.05) is 23.6 Å². The first-order valence-corrected chi connectivity index (χ1v) is 8.41. The summed E-state index contributed by atoms with van der Waals surface area (Å²) in [4.78, 5) is 16.6. The maximum Gasteiger partial charge on any atom is 0.277 e. The lowest BCUT2D eigenvalue weighted by atomic mass is 10.2. The van der Waals surface area contributed by atoms with Crippen molar-refractivity contribution in [2.45, 2.75) is 40.2 Å². The van der Waals surface area contributed by atoms with Gasteiger partial charge in [-0.15, -0.1) is 5.10 Å². The molecule has 0 saturated carbocycles. The number of aromatic nitrogens is 5. The number of unbranched alkanes of at least 4 members (excludes halogenated alkanes) is 1. The quantitative estimate of drug-likeness (QED) is 0.749. The Morgan fingerprint density at radius 2 is 1.96 bits per heavy atom. The third-order valence-electron chi connectivity index (χ3n) is 4.17. The first-order valence-electron chi connectivity index (χ1n) is 8.41. The number of imidazole rings is 1. The third-order valence-corrected chi connectivity index (χ3v) is 4.17. The molecule has 0 bridgehead atoms. The van der Waals surface area contributed by atoms with Gasteiger partial charge in [0.15, 0.2) is 5.69 Å². The van der Waals surface area contributed by atoms with Crippen LogP contribution in [-0.4, -0.2) is 30.5 Å². The van der Waals surface area contributed by atoms with Crippen LogP contribution in [0.1, 0.15) is 41.6 Å². The minimum absolute atomic E-state index is 0.259. The molecule has 2 heterocycles. The summed E-state index contributed by atoms with van der Waals surface area (Å²) in [6.45, 7) is 6.89. The molecule has 0 fully saturated rings. The molecule has 0 aliphatic heterocycles. The SMILES string of the molecule is CCCCn1cc(C(=O)Nc2ccc(-n3cnc(C)c3C)cc2)nn1. The van der Waals surface area contributed by atoms with E-state index in [1.54, 1.807) is 17.2 Å². The van der Waals surface area contributed by atoms with Gasteiger partial charge in [0.2, 0.25) is 0 Å². The predicted octanol–water partition coefficient (Wildman–Crippen LogP) is 3.13. The monoisotopic (exact) mass is 338 g/mol. The number of carbonyl (C=O) groups excluding carboxylic acids is 1. The van der Waals surface area contributed by atoms with Crippen LogP contribution in [0.3, 0.4) is 0 Å². The normalized spacial score (nSPS) is 10.8. The van der Waals surface area contributed by atoms with Gasteiger partial charge >= 0.3 is 0 Å². The van der Waals surface area contributed by atoms with E-state index in [9.17, 15) is 4.79 Å². The van der Waals surface area contributed by atoms with Gasteiger partial charge in [-0.2, -0.15) is 0 Å². The number of benzene rings is 1. The average Bonchev–Trinajstić information content (AvgIpc) is 3.22. The summed E-state index contributed by atoms with van der Waals surface area (Å²) in [5, 5.41) is 10.8. The van der Waals surface area contributed by atoms with Crippen LogP contribution in [0.4, 0.5) is 5.69 Å². The highest BCUT2D eigenvalue weighted by atomic mass is 16.2. The van der Waals surface area contributed by atoms with Crippen molar-refractivity contribution in [2.24, 2.45) is 0 Å². The van der Waals surface area contributed by atoms with Crippen molar-refractivity contribution in [1.29, 1.82) is 0 Å². The standard InChI is InChI=1S/C18H22N6O/c1-4-5-10-23-11-17(21-22-23)18(25)20-15-6-8-16(9-7-15)24-12-19-13(2)14(24)3/h6-9,11-12H,4-5,10H2,1-3H3,(H,20,25). The molecule has 25 heavy (non-hydrogen) atoms. The summed E-state index contributed by atoms with van der Waals surface area (Å²) < 4.78 is 3.71. The number of hydrogen-bond acceptors (Lipinski definition) is 4. The zero-order valence-corrected chi connectivity index (χ0v) is 14.7. The molecule has 0 saturated heterocycles. The second-order valence-electron chi connectivity index (χ2n) is 6.01. The van der Waals surface area contributed by atoms with Crippen molar-refractivity contribution in [2.75, 3.05) is 5.32 Å². The van der Waals surface area contributed by atoms with Crippen LogP contribution < -0.4 is 5.32 Å². The van der Waals surface area contributed by atoms with E-state index in [2.05, 4.69) is 27.5 Å². The number of nitrogens with one attached hydrogen (secondary N) is 1. The van der Waals surface area contributed by atoms with E-state index in [0.717, 1.165) is 36.5 Å². The summed E-state index contributed by atoms with van der Waals surface area (Å²) in [5.41, 5.74) is 4.14. The second kappa shape index (κ2) is 7.29. The number of aryl methyl sites for hydroxylation is 2. The van der Waals surface area contributed by atoms with Crippen molar-refractivity contribution >= 4 is 11.6 Å². The lowest BCUT2D eigenvalue weighted by Gasteiger charge is -2.07. The number of anilines is 1. The van der Waals surface area contributed by atoms with Crippen molar-refractivity contribution in [1.82, 2.24) is 24.5 Å². The Labute approximate surface area is 146 Å². The minimum Gasteiger partial charge on any atom is -0.321 e. The number of amides is 1. The highest BCUT2D eigenvalue weighted by Crippen LogP contribution is 2.17. The molecular formula is C18H22N6O. The van der Waals surface area contributed by atoms with E-state index in [1.807, 2.05) is 42.7 Å². The lowest BCUT2D eigenvalue weighted by molar-refractivity contribution is 0.102. The van der Waals surface area contributed by atoms with Crippen molar-refractivity contribution < 1.29 is 4.79 Å². The molecule has 3 aromatic rings. The molecular weight excluding hydrogens is 316 g/mol. The van der Waals surface area contributed by atoms with Gasteiger partial charge in [-0.3, -0.25) is 9.48 Å². The first kappa shape index (κ1) is 16.9. The Hall–Kier alpha value is -2.96. The van der Waals surface area contributed by atoms with Crippen LogP contribution in [0.25, 0.3) is 5.69 Å². The van der Waals surface area contributed by atoms with Crippen LogP contribution in [-0.2, 0) is 6.54 Å². The van der Waals surface area contributed by atoms with Crippen LogP contribution in [0.5, 0.6) is 0 Å². The van der Waals surface area contributed by atoms with Gasteiger partial charge in [-0.25, -0.2) is 4.98 Å². The zero-order chi connectivity index (χ0) is 17.8. The average molecular weight is 338 g/mol. The predicted molar refractivity (Wildman–Crippen MR) is 95.9 cm³/mol. The highest BCUT2D eigenvalue weighted by Gasteiger charge is 2.11. The third kappa shape index (κ3) is 3.76. The first-order chi connectivity index (χ1) is 12.1. The van der Waals surface area contributed by atoms with E-state index < -0.39 is 0 Å². The molecule has 7 heteroatoms. The van der Waals surface area contributed by atoms with E-state index in [-0.39, 0.29) is 5.91 Å². The smallest absolute Gasteiger partial charge is 0.277 e. The Balaban J connectivity index is 1.67. The van der Waals surface area contributed by atoms with E-state index in [4.69, 9.17) is 0 Å². The molecule has 1 amide bonds. The van der Waals surface area contributed by atoms with Crippen LogP contribution >= 0.6 is 0 Å². The van der Waals surface area contributed by atoms with Gasteiger partial charge in [0.25, 0.3) is 5.91 Å². The molecule has 0 radical (unpaired) electrons. The van der Waals surface area contributed by atoms with Gasteiger partial charge in [0.1, 0.15) is 0 Å². The fourth-order valence-corrected chi connectivity index (χ4v) is 2.49. The molecule has 0 spiro atoms. The maximum absolute atomic E-state index is 12.3. The number of rotatable bonds is 6. The summed E-state index contributed by atoms with van der Waals surface area (Å²) in [6.07, 6.45) is 5.56. The Bertz CT molecular complexity index is 862. The molecule has 130 valence electrons. The Morgan fingerprint density at radius 3 is 2.60 bits per heavy atom. The van der Waals surface area contributed by atoms with Gasteiger partial charge in [0.05, 0.1) is 18.2 Å². The van der Waals surface area contributed by atoms with Crippen LogP contribution in [0, 0.1) is 13.8 Å². The molecule has 0 unspecified atom stereocenters. The van der Waals surface area contributed by atoms with Crippen molar-refractivity contribution in [3.63, 3.8) is 0 Å².